The van der Waals surface area contributed by atoms with Crippen LogP contribution in [0.1, 0.15) is 15.9 Å². The van der Waals surface area contributed by atoms with Crippen molar-refractivity contribution < 1.29 is 31.8 Å². The highest BCUT2D eigenvalue weighted by Gasteiger charge is 2.54. The lowest BCUT2D eigenvalue weighted by atomic mass is 10.2. The molecule has 0 saturated carbocycles. The smallest absolute Gasteiger partial charge is 0.346 e. The summed E-state index contributed by atoms with van der Waals surface area (Å²) < 4.78 is 63.9. The SMILES string of the molecule is C=CC(F)(F)C(F)(F)COc1ccc(C=O)cc1OCc1ccccc1. The number of hydrogen-bond donors (Lipinski definition) is 0. The molecule has 26 heavy (non-hydrogen) atoms. The molecule has 0 amide bonds. The van der Waals surface area contributed by atoms with Gasteiger partial charge in [-0.05, 0) is 29.8 Å². The minimum Gasteiger partial charge on any atom is -0.485 e. The van der Waals surface area contributed by atoms with E-state index in [-0.39, 0.29) is 29.7 Å². The molecule has 0 bridgehead atoms. The molecule has 0 spiro atoms. The van der Waals surface area contributed by atoms with Crippen LogP contribution in [-0.2, 0) is 6.61 Å². The van der Waals surface area contributed by atoms with Gasteiger partial charge in [0.2, 0.25) is 0 Å². The quantitative estimate of drug-likeness (QED) is 0.358. The summed E-state index contributed by atoms with van der Waals surface area (Å²) >= 11 is 0. The average Bonchev–Trinajstić information content (AvgIpc) is 2.65. The molecule has 3 nitrogen and oxygen atoms in total. The zero-order valence-corrected chi connectivity index (χ0v) is 13.6. The van der Waals surface area contributed by atoms with Crippen molar-refractivity contribution in [2.24, 2.45) is 0 Å². The summed E-state index contributed by atoms with van der Waals surface area (Å²) in [5.41, 5.74) is 1.02. The first kappa shape index (κ1) is 19.5. The van der Waals surface area contributed by atoms with Crippen molar-refractivity contribution in [3.8, 4) is 11.5 Å². The Morgan fingerprint density at radius 3 is 2.27 bits per heavy atom. The number of benzene rings is 2. The summed E-state index contributed by atoms with van der Waals surface area (Å²) in [4.78, 5) is 10.9. The van der Waals surface area contributed by atoms with Gasteiger partial charge in [0.1, 0.15) is 12.9 Å². The molecule has 2 aromatic rings. The second-order valence-corrected chi connectivity index (χ2v) is 5.42. The van der Waals surface area contributed by atoms with Gasteiger partial charge in [-0.25, -0.2) is 0 Å². The third-order valence-electron chi connectivity index (χ3n) is 3.49. The van der Waals surface area contributed by atoms with Crippen LogP contribution in [0.3, 0.4) is 0 Å². The number of carbonyl (C=O) groups is 1. The van der Waals surface area contributed by atoms with Crippen molar-refractivity contribution in [1.82, 2.24) is 0 Å². The predicted molar refractivity (Wildman–Crippen MR) is 88.2 cm³/mol. The van der Waals surface area contributed by atoms with Gasteiger partial charge in [0, 0.05) is 5.56 Å². The molecule has 0 fully saturated rings. The highest BCUT2D eigenvalue weighted by atomic mass is 19.3. The fourth-order valence-corrected chi connectivity index (χ4v) is 1.98. The Morgan fingerprint density at radius 2 is 1.65 bits per heavy atom. The fraction of sp³-hybridized carbons (Fsp3) is 0.211. The van der Waals surface area contributed by atoms with E-state index in [1.54, 1.807) is 24.3 Å². The number of allylic oxidation sites excluding steroid dienone is 1. The summed E-state index contributed by atoms with van der Waals surface area (Å²) in [5.74, 6) is -9.04. The number of ether oxygens (including phenoxy) is 2. The maximum atomic E-state index is 13.6. The third kappa shape index (κ3) is 4.62. The topological polar surface area (TPSA) is 35.5 Å². The molecule has 0 aliphatic carbocycles. The summed E-state index contributed by atoms with van der Waals surface area (Å²) in [5, 5.41) is 0. The fourth-order valence-electron chi connectivity index (χ4n) is 1.98. The van der Waals surface area contributed by atoms with Gasteiger partial charge in [-0.2, -0.15) is 17.6 Å². The lowest BCUT2D eigenvalue weighted by Gasteiger charge is -2.24. The molecule has 0 aliphatic rings. The summed E-state index contributed by atoms with van der Waals surface area (Å²) in [6.07, 6.45) is 0.415. The van der Waals surface area contributed by atoms with Gasteiger partial charge in [-0.3, -0.25) is 4.79 Å². The number of carbonyl (C=O) groups excluding carboxylic acids is 1. The number of halogens is 4. The van der Waals surface area contributed by atoms with Crippen molar-refractivity contribution in [3.05, 3.63) is 72.3 Å². The number of hydrogen-bond acceptors (Lipinski definition) is 3. The van der Waals surface area contributed by atoms with E-state index in [2.05, 4.69) is 6.58 Å². The van der Waals surface area contributed by atoms with E-state index in [1.807, 2.05) is 6.07 Å². The summed E-state index contributed by atoms with van der Waals surface area (Å²) in [7, 11) is 0. The molecule has 0 aliphatic heterocycles. The number of aldehydes is 1. The summed E-state index contributed by atoms with van der Waals surface area (Å²) in [6.45, 7) is 1.21. The van der Waals surface area contributed by atoms with Crippen molar-refractivity contribution in [3.63, 3.8) is 0 Å². The number of alkyl halides is 4. The molecule has 0 saturated heterocycles. The van der Waals surface area contributed by atoms with Crippen LogP contribution >= 0.6 is 0 Å². The molecule has 0 N–H and O–H groups in total. The van der Waals surface area contributed by atoms with Gasteiger partial charge in [-0.1, -0.05) is 36.9 Å². The predicted octanol–water partition coefficient (Wildman–Crippen LogP) is 4.91. The largest absolute Gasteiger partial charge is 0.485 e. The maximum Gasteiger partial charge on any atom is 0.346 e. The lowest BCUT2D eigenvalue weighted by Crippen LogP contribution is -2.43. The minimum atomic E-state index is -4.45. The second kappa shape index (κ2) is 8.03. The van der Waals surface area contributed by atoms with E-state index in [1.165, 1.54) is 18.2 Å². The van der Waals surface area contributed by atoms with E-state index in [9.17, 15) is 22.4 Å². The van der Waals surface area contributed by atoms with Crippen molar-refractivity contribution >= 4 is 6.29 Å². The Labute approximate surface area is 147 Å². The van der Waals surface area contributed by atoms with Crippen LogP contribution in [0.15, 0.2) is 61.2 Å². The van der Waals surface area contributed by atoms with Crippen LogP contribution in [-0.4, -0.2) is 24.7 Å². The van der Waals surface area contributed by atoms with Crippen molar-refractivity contribution in [2.45, 2.75) is 18.5 Å². The van der Waals surface area contributed by atoms with Gasteiger partial charge in [-0.15, -0.1) is 0 Å². The van der Waals surface area contributed by atoms with Crippen LogP contribution < -0.4 is 9.47 Å². The van der Waals surface area contributed by atoms with E-state index >= 15 is 0 Å². The van der Waals surface area contributed by atoms with E-state index < -0.39 is 18.5 Å². The molecule has 0 aromatic heterocycles. The first-order valence-corrected chi connectivity index (χ1v) is 7.57. The molecule has 0 heterocycles. The Hall–Kier alpha value is -2.83. The van der Waals surface area contributed by atoms with Crippen LogP contribution in [0.5, 0.6) is 11.5 Å². The van der Waals surface area contributed by atoms with Gasteiger partial charge < -0.3 is 9.47 Å². The molecular formula is C19H16F4O3. The van der Waals surface area contributed by atoms with Crippen molar-refractivity contribution in [2.75, 3.05) is 6.61 Å². The first-order chi connectivity index (χ1) is 12.3. The number of rotatable bonds is 9. The highest BCUT2D eigenvalue weighted by molar-refractivity contribution is 5.76. The van der Waals surface area contributed by atoms with Gasteiger partial charge >= 0.3 is 11.8 Å². The Kier molecular flexibility index (Phi) is 6.02. The van der Waals surface area contributed by atoms with Gasteiger partial charge in [0.05, 0.1) is 0 Å². The zero-order valence-electron chi connectivity index (χ0n) is 13.6. The molecule has 0 unspecified atom stereocenters. The lowest BCUT2D eigenvalue weighted by molar-refractivity contribution is -0.194. The van der Waals surface area contributed by atoms with Gasteiger partial charge in [0.15, 0.2) is 18.1 Å². The van der Waals surface area contributed by atoms with Crippen molar-refractivity contribution in [1.29, 1.82) is 0 Å². The zero-order chi connectivity index (χ0) is 19.2. The maximum absolute atomic E-state index is 13.6. The Morgan fingerprint density at radius 1 is 0.962 bits per heavy atom. The van der Waals surface area contributed by atoms with Crippen LogP contribution in [0.4, 0.5) is 17.6 Å². The normalized spacial score (nSPS) is 11.7. The van der Waals surface area contributed by atoms with Crippen LogP contribution in [0, 0.1) is 0 Å². The van der Waals surface area contributed by atoms with Gasteiger partial charge in [0.25, 0.3) is 0 Å². The molecule has 2 rings (SSSR count). The first-order valence-electron chi connectivity index (χ1n) is 7.57. The molecular weight excluding hydrogens is 352 g/mol. The third-order valence-corrected chi connectivity index (χ3v) is 3.49. The Bertz CT molecular complexity index is 761. The molecule has 0 atom stereocenters. The summed E-state index contributed by atoms with van der Waals surface area (Å²) in [6, 6.07) is 12.8. The Balaban J connectivity index is 2.17. The standard InChI is InChI=1S/C19H16F4O3/c1-2-18(20,21)19(22,23)13-26-16-9-8-15(11-24)10-17(16)25-12-14-6-4-3-5-7-14/h2-11H,1,12-13H2. The van der Waals surface area contributed by atoms with E-state index in [0.29, 0.717) is 6.29 Å². The monoisotopic (exact) mass is 368 g/mol. The highest BCUT2D eigenvalue weighted by Crippen LogP contribution is 2.37. The van der Waals surface area contributed by atoms with Crippen LogP contribution in [0.25, 0.3) is 0 Å². The second-order valence-electron chi connectivity index (χ2n) is 5.42. The van der Waals surface area contributed by atoms with E-state index in [0.717, 1.165) is 5.56 Å². The molecule has 7 heteroatoms. The van der Waals surface area contributed by atoms with E-state index in [4.69, 9.17) is 9.47 Å². The molecule has 0 radical (unpaired) electrons. The average molecular weight is 368 g/mol. The molecule has 138 valence electrons. The minimum absolute atomic E-state index is 0.00354. The molecule has 2 aromatic carbocycles. The van der Waals surface area contributed by atoms with Crippen LogP contribution in [0.2, 0.25) is 0 Å².